The zero-order chi connectivity index (χ0) is 14.2. The first-order chi connectivity index (χ1) is 8.80. The molecule has 0 N–H and O–H groups in total. The SMILES string of the molecule is Cc1ccc(C)c(S(=O)(=O)N2C[C@H](C)C[C@H](C)C2)c1. The minimum absolute atomic E-state index is 0.434. The zero-order valence-corrected chi connectivity index (χ0v) is 13.0. The van der Waals surface area contributed by atoms with Crippen molar-refractivity contribution in [1.29, 1.82) is 0 Å². The molecule has 1 aliphatic heterocycles. The van der Waals surface area contributed by atoms with Crippen molar-refractivity contribution in [2.24, 2.45) is 11.8 Å². The monoisotopic (exact) mass is 281 g/mol. The first kappa shape index (κ1) is 14.5. The standard InChI is InChI=1S/C15H23NO2S/c1-11-5-6-14(4)15(8-11)19(17,18)16-9-12(2)7-13(3)10-16/h5-6,8,12-13H,7,9-10H2,1-4H3/t12-,13+. The van der Waals surface area contributed by atoms with Gasteiger partial charge in [0.15, 0.2) is 0 Å². The Morgan fingerprint density at radius 2 is 1.68 bits per heavy atom. The van der Waals surface area contributed by atoms with Crippen molar-refractivity contribution in [2.45, 2.75) is 39.0 Å². The van der Waals surface area contributed by atoms with Gasteiger partial charge in [0.2, 0.25) is 10.0 Å². The van der Waals surface area contributed by atoms with Crippen LogP contribution in [0, 0.1) is 25.7 Å². The highest BCUT2D eigenvalue weighted by atomic mass is 32.2. The molecule has 4 heteroatoms. The number of rotatable bonds is 2. The molecule has 1 aromatic rings. The van der Waals surface area contributed by atoms with Crippen LogP contribution in [0.3, 0.4) is 0 Å². The Morgan fingerprint density at radius 1 is 1.11 bits per heavy atom. The van der Waals surface area contributed by atoms with Crippen molar-refractivity contribution in [3.05, 3.63) is 29.3 Å². The highest BCUT2D eigenvalue weighted by Crippen LogP contribution is 2.28. The van der Waals surface area contributed by atoms with E-state index in [0.29, 0.717) is 29.8 Å². The number of benzene rings is 1. The van der Waals surface area contributed by atoms with E-state index < -0.39 is 10.0 Å². The largest absolute Gasteiger partial charge is 0.243 e. The van der Waals surface area contributed by atoms with Gasteiger partial charge in [0, 0.05) is 13.1 Å². The average molecular weight is 281 g/mol. The van der Waals surface area contributed by atoms with E-state index in [9.17, 15) is 8.42 Å². The summed E-state index contributed by atoms with van der Waals surface area (Å²) < 4.78 is 27.2. The van der Waals surface area contributed by atoms with Crippen LogP contribution in [0.1, 0.15) is 31.4 Å². The van der Waals surface area contributed by atoms with Gasteiger partial charge in [-0.2, -0.15) is 4.31 Å². The summed E-state index contributed by atoms with van der Waals surface area (Å²) in [5, 5.41) is 0. The number of piperidine rings is 1. The van der Waals surface area contributed by atoms with E-state index in [-0.39, 0.29) is 0 Å². The van der Waals surface area contributed by atoms with E-state index in [1.165, 1.54) is 0 Å². The Bertz CT molecular complexity index is 556. The highest BCUT2D eigenvalue weighted by molar-refractivity contribution is 7.89. The van der Waals surface area contributed by atoms with Gasteiger partial charge >= 0.3 is 0 Å². The second kappa shape index (κ2) is 5.25. The van der Waals surface area contributed by atoms with E-state index in [0.717, 1.165) is 17.5 Å². The van der Waals surface area contributed by atoms with Gasteiger partial charge in [-0.15, -0.1) is 0 Å². The Balaban J connectivity index is 2.39. The summed E-state index contributed by atoms with van der Waals surface area (Å²) in [6.45, 7) is 9.33. The molecule has 0 bridgehead atoms. The van der Waals surface area contributed by atoms with Gasteiger partial charge in [-0.05, 0) is 49.3 Å². The van der Waals surface area contributed by atoms with Crippen LogP contribution in [-0.4, -0.2) is 25.8 Å². The third-order valence-corrected chi connectivity index (χ3v) is 5.77. The second-order valence-electron chi connectivity index (χ2n) is 6.04. The lowest BCUT2D eigenvalue weighted by atomic mass is 9.94. The average Bonchev–Trinajstić information content (AvgIpc) is 2.31. The molecule has 0 aromatic heterocycles. The maximum atomic E-state index is 12.8. The lowest BCUT2D eigenvalue weighted by Crippen LogP contribution is -2.42. The molecule has 0 saturated carbocycles. The quantitative estimate of drug-likeness (QED) is 0.835. The van der Waals surface area contributed by atoms with Crippen molar-refractivity contribution < 1.29 is 8.42 Å². The fourth-order valence-corrected chi connectivity index (χ4v) is 4.92. The van der Waals surface area contributed by atoms with Crippen molar-refractivity contribution in [3.63, 3.8) is 0 Å². The minimum atomic E-state index is -3.35. The summed E-state index contributed by atoms with van der Waals surface area (Å²) in [4.78, 5) is 0.466. The molecule has 0 radical (unpaired) electrons. The van der Waals surface area contributed by atoms with Gasteiger partial charge in [0.05, 0.1) is 4.90 Å². The first-order valence-electron chi connectivity index (χ1n) is 6.88. The molecule has 0 aliphatic carbocycles. The van der Waals surface area contributed by atoms with Gasteiger partial charge in [0.1, 0.15) is 0 Å². The van der Waals surface area contributed by atoms with Crippen LogP contribution in [0.15, 0.2) is 23.1 Å². The molecule has 1 heterocycles. The van der Waals surface area contributed by atoms with Crippen LogP contribution in [0.25, 0.3) is 0 Å². The van der Waals surface area contributed by atoms with Crippen molar-refractivity contribution in [1.82, 2.24) is 4.31 Å². The predicted molar refractivity (Wildman–Crippen MR) is 77.6 cm³/mol. The van der Waals surface area contributed by atoms with Crippen LogP contribution in [0.2, 0.25) is 0 Å². The Labute approximate surface area is 116 Å². The fraction of sp³-hybridized carbons (Fsp3) is 0.600. The van der Waals surface area contributed by atoms with E-state index in [1.807, 2.05) is 26.0 Å². The molecule has 106 valence electrons. The van der Waals surface area contributed by atoms with Crippen LogP contribution in [-0.2, 0) is 10.0 Å². The molecular weight excluding hydrogens is 258 g/mol. The molecule has 1 fully saturated rings. The first-order valence-corrected chi connectivity index (χ1v) is 8.32. The number of hydrogen-bond acceptors (Lipinski definition) is 2. The summed E-state index contributed by atoms with van der Waals surface area (Å²) in [5.74, 6) is 0.868. The summed E-state index contributed by atoms with van der Waals surface area (Å²) in [6.07, 6.45) is 1.11. The van der Waals surface area contributed by atoms with E-state index >= 15 is 0 Å². The van der Waals surface area contributed by atoms with Crippen molar-refractivity contribution in [3.8, 4) is 0 Å². The lowest BCUT2D eigenvalue weighted by molar-refractivity contribution is 0.222. The number of sulfonamides is 1. The van der Waals surface area contributed by atoms with Crippen molar-refractivity contribution >= 4 is 10.0 Å². The number of hydrogen-bond donors (Lipinski definition) is 0. The molecule has 2 atom stereocenters. The van der Waals surface area contributed by atoms with Gasteiger partial charge in [-0.1, -0.05) is 26.0 Å². The summed E-state index contributed by atoms with van der Waals surface area (Å²) in [5.41, 5.74) is 1.82. The van der Waals surface area contributed by atoms with Crippen LogP contribution in [0.4, 0.5) is 0 Å². The number of nitrogens with zero attached hydrogens (tertiary/aromatic N) is 1. The van der Waals surface area contributed by atoms with Gasteiger partial charge < -0.3 is 0 Å². The molecule has 0 unspecified atom stereocenters. The predicted octanol–water partition coefficient (Wildman–Crippen LogP) is 2.97. The summed E-state index contributed by atoms with van der Waals surface area (Å²) in [6, 6.07) is 5.63. The zero-order valence-electron chi connectivity index (χ0n) is 12.2. The molecule has 1 saturated heterocycles. The Morgan fingerprint density at radius 3 is 2.26 bits per heavy atom. The fourth-order valence-electron chi connectivity index (χ4n) is 2.93. The molecule has 1 aromatic carbocycles. The van der Waals surface area contributed by atoms with Gasteiger partial charge in [-0.3, -0.25) is 0 Å². The van der Waals surface area contributed by atoms with Gasteiger partial charge in [-0.25, -0.2) is 8.42 Å². The highest BCUT2D eigenvalue weighted by Gasteiger charge is 2.32. The number of aryl methyl sites for hydroxylation is 2. The molecule has 19 heavy (non-hydrogen) atoms. The second-order valence-corrected chi connectivity index (χ2v) is 7.94. The molecule has 2 rings (SSSR count). The summed E-state index contributed by atoms with van der Waals surface area (Å²) in [7, 11) is -3.35. The van der Waals surface area contributed by atoms with Gasteiger partial charge in [0.25, 0.3) is 0 Å². The Hall–Kier alpha value is -0.870. The molecule has 1 aliphatic rings. The van der Waals surface area contributed by atoms with E-state index in [2.05, 4.69) is 13.8 Å². The summed E-state index contributed by atoms with van der Waals surface area (Å²) >= 11 is 0. The van der Waals surface area contributed by atoms with Crippen molar-refractivity contribution in [2.75, 3.05) is 13.1 Å². The maximum absolute atomic E-state index is 12.8. The molecule has 0 amide bonds. The molecule has 3 nitrogen and oxygen atoms in total. The Kier molecular flexibility index (Phi) is 4.02. The smallest absolute Gasteiger partial charge is 0.207 e. The molecule has 0 spiro atoms. The topological polar surface area (TPSA) is 37.4 Å². The van der Waals surface area contributed by atoms with E-state index in [1.54, 1.807) is 10.4 Å². The third-order valence-electron chi connectivity index (χ3n) is 3.80. The normalized spacial score (nSPS) is 25.5. The third kappa shape index (κ3) is 3.00. The lowest BCUT2D eigenvalue weighted by Gasteiger charge is -2.34. The van der Waals surface area contributed by atoms with Crippen LogP contribution in [0.5, 0.6) is 0 Å². The maximum Gasteiger partial charge on any atom is 0.243 e. The van der Waals surface area contributed by atoms with E-state index in [4.69, 9.17) is 0 Å². The van der Waals surface area contributed by atoms with Crippen LogP contribution >= 0.6 is 0 Å². The molecular formula is C15H23NO2S. The minimum Gasteiger partial charge on any atom is -0.207 e. The van der Waals surface area contributed by atoms with Crippen LogP contribution < -0.4 is 0 Å².